The Hall–Kier alpha value is -1.27. The van der Waals surface area contributed by atoms with Gasteiger partial charge in [0.15, 0.2) is 17.3 Å². The highest BCUT2D eigenvalue weighted by molar-refractivity contribution is 6.58. The third kappa shape index (κ3) is 1.54. The second-order valence-electron chi connectivity index (χ2n) is 2.90. The van der Waals surface area contributed by atoms with Crippen molar-refractivity contribution in [2.75, 3.05) is 13.2 Å². The van der Waals surface area contributed by atoms with E-state index in [1.165, 1.54) is 6.07 Å². The van der Waals surface area contributed by atoms with Gasteiger partial charge in [-0.25, -0.2) is 4.39 Å². The summed E-state index contributed by atoms with van der Waals surface area (Å²) in [6.07, 6.45) is 0. The minimum absolute atomic E-state index is 0.0284. The van der Waals surface area contributed by atoms with Gasteiger partial charge in [-0.05, 0) is 17.6 Å². The molecule has 14 heavy (non-hydrogen) atoms. The molecular weight excluding hydrogens is 190 g/mol. The van der Waals surface area contributed by atoms with Crippen LogP contribution in [0.3, 0.4) is 0 Å². The zero-order valence-corrected chi connectivity index (χ0v) is 7.24. The van der Waals surface area contributed by atoms with Gasteiger partial charge in [0.1, 0.15) is 13.2 Å². The molecule has 74 valence electrons. The van der Waals surface area contributed by atoms with Crippen LogP contribution in [0.1, 0.15) is 0 Å². The summed E-state index contributed by atoms with van der Waals surface area (Å²) < 4.78 is 23.4. The average Bonchev–Trinajstić information content (AvgIpc) is 2.17. The largest absolute Gasteiger partial charge is 0.488 e. The van der Waals surface area contributed by atoms with Crippen LogP contribution in [-0.4, -0.2) is 30.4 Å². The van der Waals surface area contributed by atoms with Crippen LogP contribution in [0.2, 0.25) is 0 Å². The molecular formula is C8H8BFO4. The van der Waals surface area contributed by atoms with Gasteiger partial charge in [-0.3, -0.25) is 0 Å². The van der Waals surface area contributed by atoms with E-state index in [4.69, 9.17) is 19.5 Å². The topological polar surface area (TPSA) is 58.9 Å². The zero-order valence-electron chi connectivity index (χ0n) is 7.24. The van der Waals surface area contributed by atoms with E-state index in [-0.39, 0.29) is 17.0 Å². The summed E-state index contributed by atoms with van der Waals surface area (Å²) in [5.41, 5.74) is 0.0479. The number of hydrogen-bond donors (Lipinski definition) is 2. The van der Waals surface area contributed by atoms with Gasteiger partial charge in [0.25, 0.3) is 0 Å². The van der Waals surface area contributed by atoms with Crippen LogP contribution in [0.25, 0.3) is 0 Å². The van der Waals surface area contributed by atoms with E-state index in [1.54, 1.807) is 0 Å². The summed E-state index contributed by atoms with van der Waals surface area (Å²) in [6.45, 7) is 0.627. The van der Waals surface area contributed by atoms with Crippen LogP contribution in [0.5, 0.6) is 11.5 Å². The van der Waals surface area contributed by atoms with Crippen molar-refractivity contribution < 1.29 is 23.9 Å². The normalized spacial score (nSPS) is 13.9. The molecule has 0 atom stereocenters. The molecule has 0 amide bonds. The molecule has 1 aromatic carbocycles. The lowest BCUT2D eigenvalue weighted by atomic mass is 9.80. The molecule has 0 unspecified atom stereocenters. The van der Waals surface area contributed by atoms with Crippen LogP contribution in [-0.2, 0) is 0 Å². The van der Waals surface area contributed by atoms with Crippen LogP contribution >= 0.6 is 0 Å². The van der Waals surface area contributed by atoms with E-state index in [0.717, 1.165) is 6.07 Å². The highest BCUT2D eigenvalue weighted by Crippen LogP contribution is 2.31. The smallest absolute Gasteiger partial charge is 0.486 e. The molecule has 1 aliphatic heterocycles. The molecule has 2 N–H and O–H groups in total. The van der Waals surface area contributed by atoms with Crippen molar-refractivity contribution in [3.8, 4) is 11.5 Å². The molecule has 1 aromatic rings. The number of hydrogen-bond acceptors (Lipinski definition) is 4. The van der Waals surface area contributed by atoms with E-state index in [9.17, 15) is 4.39 Å². The van der Waals surface area contributed by atoms with Gasteiger partial charge < -0.3 is 19.5 Å². The first-order valence-corrected chi connectivity index (χ1v) is 4.13. The Kier molecular flexibility index (Phi) is 2.31. The Morgan fingerprint density at radius 3 is 2.64 bits per heavy atom. The standard InChI is InChI=1S/C8H8BFO4/c10-6-3-5(9(11)12)4-7-8(6)14-2-1-13-7/h3-4,11-12H,1-2H2. The lowest BCUT2D eigenvalue weighted by molar-refractivity contribution is 0.164. The highest BCUT2D eigenvalue weighted by atomic mass is 19.1. The SMILES string of the molecule is OB(O)c1cc(F)c2c(c1)OCCO2. The number of rotatable bonds is 1. The van der Waals surface area contributed by atoms with E-state index in [1.807, 2.05) is 0 Å². The number of ether oxygens (including phenoxy) is 2. The number of benzene rings is 1. The maximum atomic E-state index is 13.3. The molecule has 0 spiro atoms. The van der Waals surface area contributed by atoms with Crippen molar-refractivity contribution in [3.63, 3.8) is 0 Å². The zero-order chi connectivity index (χ0) is 10.1. The van der Waals surface area contributed by atoms with Crippen molar-refractivity contribution in [2.24, 2.45) is 0 Å². The van der Waals surface area contributed by atoms with Crippen LogP contribution in [0, 0.1) is 5.82 Å². The summed E-state index contributed by atoms with van der Waals surface area (Å²) in [7, 11) is -1.71. The fourth-order valence-electron chi connectivity index (χ4n) is 1.28. The highest BCUT2D eigenvalue weighted by Gasteiger charge is 2.21. The Morgan fingerprint density at radius 2 is 1.93 bits per heavy atom. The average molecular weight is 198 g/mol. The van der Waals surface area contributed by atoms with Gasteiger partial charge in [-0.1, -0.05) is 0 Å². The quantitative estimate of drug-likeness (QED) is 0.584. The lowest BCUT2D eigenvalue weighted by Crippen LogP contribution is -2.31. The first-order chi connectivity index (χ1) is 6.68. The second kappa shape index (κ2) is 3.47. The number of halogens is 1. The molecule has 6 heteroatoms. The first-order valence-electron chi connectivity index (χ1n) is 4.13. The molecule has 1 aliphatic rings. The molecule has 0 aromatic heterocycles. The maximum Gasteiger partial charge on any atom is 0.488 e. The predicted octanol–water partition coefficient (Wildman–Crippen LogP) is -0.723. The minimum Gasteiger partial charge on any atom is -0.486 e. The molecule has 0 fully saturated rings. The van der Waals surface area contributed by atoms with E-state index < -0.39 is 12.9 Å². The molecule has 0 radical (unpaired) electrons. The third-order valence-electron chi connectivity index (χ3n) is 1.92. The monoisotopic (exact) mass is 198 g/mol. The summed E-state index contributed by atoms with van der Waals surface area (Å²) in [5, 5.41) is 17.7. The number of fused-ring (bicyclic) bond motifs is 1. The fourth-order valence-corrected chi connectivity index (χ4v) is 1.28. The van der Waals surface area contributed by atoms with Crippen molar-refractivity contribution in [2.45, 2.75) is 0 Å². The molecule has 2 rings (SSSR count). The summed E-state index contributed by atoms with van der Waals surface area (Å²) in [5.74, 6) is -0.412. The molecule has 0 bridgehead atoms. The van der Waals surface area contributed by atoms with Crippen LogP contribution in [0.4, 0.5) is 4.39 Å². The van der Waals surface area contributed by atoms with Crippen LogP contribution in [0.15, 0.2) is 12.1 Å². The van der Waals surface area contributed by atoms with Crippen molar-refractivity contribution in [1.82, 2.24) is 0 Å². The third-order valence-corrected chi connectivity index (χ3v) is 1.92. The second-order valence-corrected chi connectivity index (χ2v) is 2.90. The van der Waals surface area contributed by atoms with Gasteiger partial charge in [0.05, 0.1) is 0 Å². The van der Waals surface area contributed by atoms with E-state index >= 15 is 0 Å². The lowest BCUT2D eigenvalue weighted by Gasteiger charge is -2.19. The van der Waals surface area contributed by atoms with Gasteiger partial charge in [-0.15, -0.1) is 0 Å². The Balaban J connectivity index is 2.46. The van der Waals surface area contributed by atoms with E-state index in [0.29, 0.717) is 13.2 Å². The molecule has 0 aliphatic carbocycles. The summed E-state index contributed by atoms with van der Waals surface area (Å²) in [4.78, 5) is 0. The fraction of sp³-hybridized carbons (Fsp3) is 0.250. The molecule has 0 saturated heterocycles. The Bertz CT molecular complexity index is 355. The molecule has 0 saturated carbocycles. The predicted molar refractivity (Wildman–Crippen MR) is 47.2 cm³/mol. The van der Waals surface area contributed by atoms with Gasteiger partial charge in [0, 0.05) is 0 Å². The molecule has 1 heterocycles. The Labute approximate surface area is 80.0 Å². The minimum atomic E-state index is -1.71. The summed E-state index contributed by atoms with van der Waals surface area (Å²) in [6, 6.07) is 2.36. The van der Waals surface area contributed by atoms with Gasteiger partial charge in [0.2, 0.25) is 0 Å². The van der Waals surface area contributed by atoms with Crippen LogP contribution < -0.4 is 14.9 Å². The van der Waals surface area contributed by atoms with Crippen molar-refractivity contribution >= 4 is 12.6 Å². The van der Waals surface area contributed by atoms with Crippen molar-refractivity contribution in [1.29, 1.82) is 0 Å². The Morgan fingerprint density at radius 1 is 1.21 bits per heavy atom. The molecule has 4 nitrogen and oxygen atoms in total. The van der Waals surface area contributed by atoms with E-state index in [2.05, 4.69) is 0 Å². The van der Waals surface area contributed by atoms with Crippen molar-refractivity contribution in [3.05, 3.63) is 17.9 Å². The summed E-state index contributed by atoms with van der Waals surface area (Å²) >= 11 is 0. The van der Waals surface area contributed by atoms with Gasteiger partial charge in [-0.2, -0.15) is 0 Å². The van der Waals surface area contributed by atoms with Gasteiger partial charge >= 0.3 is 7.12 Å². The maximum absolute atomic E-state index is 13.3. The first kappa shape index (κ1) is 9.30.